The lowest BCUT2D eigenvalue weighted by Gasteiger charge is -2.10. The van der Waals surface area contributed by atoms with Gasteiger partial charge in [0.1, 0.15) is 0 Å². The maximum Gasteiger partial charge on any atom is 0.160 e. The summed E-state index contributed by atoms with van der Waals surface area (Å²) in [4.78, 5) is 10.6. The summed E-state index contributed by atoms with van der Waals surface area (Å²) in [6, 6.07) is 53.6. The lowest BCUT2D eigenvalue weighted by Crippen LogP contribution is -1.95. The molecule has 0 spiro atoms. The van der Waals surface area contributed by atoms with Crippen LogP contribution in [0.3, 0.4) is 0 Å². The molecule has 4 heteroatoms. The molecule has 0 saturated carbocycles. The van der Waals surface area contributed by atoms with Crippen molar-refractivity contribution in [2.75, 3.05) is 0 Å². The average molecular weight is 580 g/mol. The van der Waals surface area contributed by atoms with E-state index in [9.17, 15) is 0 Å². The summed E-state index contributed by atoms with van der Waals surface area (Å²) in [6.45, 7) is 0. The van der Waals surface area contributed by atoms with Crippen molar-refractivity contribution in [2.24, 2.45) is 0 Å². The summed E-state index contributed by atoms with van der Waals surface area (Å²) in [7, 11) is 0. The molecule has 6 aromatic carbocycles. The Labute approximate surface area is 258 Å². The predicted octanol–water partition coefficient (Wildman–Crippen LogP) is 10.9. The Balaban J connectivity index is 1.29. The Morgan fingerprint density at radius 2 is 1.14 bits per heavy atom. The molecule has 0 saturated heterocycles. The minimum absolute atomic E-state index is 0.736. The average Bonchev–Trinajstić information content (AvgIpc) is 3.64. The lowest BCUT2D eigenvalue weighted by molar-refractivity contribution is 1.18. The summed E-state index contributed by atoms with van der Waals surface area (Å²) < 4.78 is 4.67. The van der Waals surface area contributed by atoms with Crippen LogP contribution in [-0.4, -0.2) is 14.5 Å². The van der Waals surface area contributed by atoms with Crippen LogP contribution in [0.5, 0.6) is 0 Å². The second kappa shape index (κ2) is 10.0. The highest BCUT2D eigenvalue weighted by molar-refractivity contribution is 7.26. The second-order valence-corrected chi connectivity index (χ2v) is 12.1. The van der Waals surface area contributed by atoms with Crippen LogP contribution in [0.25, 0.3) is 81.6 Å². The monoisotopic (exact) mass is 579 g/mol. The van der Waals surface area contributed by atoms with E-state index in [1.807, 2.05) is 0 Å². The van der Waals surface area contributed by atoms with Crippen LogP contribution in [-0.2, 0) is 0 Å². The molecular formula is C40H25N3S. The van der Waals surface area contributed by atoms with Gasteiger partial charge < -0.3 is 4.57 Å². The second-order valence-electron chi connectivity index (χ2n) is 11.0. The standard InChI is InChI=1S/C40H25N3S/c1-3-12-26(13-4-1)27-14-11-15-28(24-27)37-39-38(32-19-8-10-21-36(32)44-39)42-40(41-37)29-22-23-35-33(25-29)31-18-7-9-20-34(31)43(35)30-16-5-2-6-17-30/h1-25H. The molecule has 0 radical (unpaired) electrons. The molecular weight excluding hydrogens is 555 g/mol. The zero-order chi connectivity index (χ0) is 29.0. The molecule has 0 N–H and O–H groups in total. The molecule has 0 aliphatic carbocycles. The zero-order valence-electron chi connectivity index (χ0n) is 23.7. The van der Waals surface area contributed by atoms with Crippen LogP contribution in [0.2, 0.25) is 0 Å². The normalized spacial score (nSPS) is 11.6. The Morgan fingerprint density at radius 1 is 0.455 bits per heavy atom. The molecule has 0 unspecified atom stereocenters. The summed E-state index contributed by atoms with van der Waals surface area (Å²) in [5.74, 6) is 0.736. The molecule has 206 valence electrons. The Morgan fingerprint density at radius 3 is 2.00 bits per heavy atom. The summed E-state index contributed by atoms with van der Waals surface area (Å²) >= 11 is 1.77. The number of hydrogen-bond donors (Lipinski definition) is 0. The van der Waals surface area contributed by atoms with Crippen molar-refractivity contribution < 1.29 is 0 Å². The summed E-state index contributed by atoms with van der Waals surface area (Å²) in [5.41, 5.74) is 9.93. The van der Waals surface area contributed by atoms with E-state index in [0.29, 0.717) is 0 Å². The first-order valence-electron chi connectivity index (χ1n) is 14.8. The van der Waals surface area contributed by atoms with Crippen molar-refractivity contribution >= 4 is 53.4 Å². The summed E-state index contributed by atoms with van der Waals surface area (Å²) in [5, 5.41) is 3.57. The van der Waals surface area contributed by atoms with Gasteiger partial charge in [-0.25, -0.2) is 9.97 Å². The van der Waals surface area contributed by atoms with Crippen LogP contribution in [0, 0.1) is 0 Å². The minimum atomic E-state index is 0.736. The first-order valence-corrected chi connectivity index (χ1v) is 15.6. The third-order valence-electron chi connectivity index (χ3n) is 8.41. The van der Waals surface area contributed by atoms with E-state index in [0.717, 1.165) is 38.5 Å². The van der Waals surface area contributed by atoms with Crippen LogP contribution in [0.1, 0.15) is 0 Å². The maximum atomic E-state index is 5.32. The molecule has 3 heterocycles. The van der Waals surface area contributed by atoms with E-state index in [-0.39, 0.29) is 0 Å². The number of aromatic nitrogens is 3. The Bertz CT molecular complexity index is 2490. The van der Waals surface area contributed by atoms with Gasteiger partial charge in [-0.1, -0.05) is 103 Å². The fourth-order valence-corrected chi connectivity index (χ4v) is 7.51. The van der Waals surface area contributed by atoms with Crippen LogP contribution in [0.4, 0.5) is 0 Å². The van der Waals surface area contributed by atoms with Gasteiger partial charge in [-0.05, 0) is 59.7 Å². The van der Waals surface area contributed by atoms with E-state index < -0.39 is 0 Å². The van der Waals surface area contributed by atoms with Gasteiger partial charge in [0, 0.05) is 37.7 Å². The molecule has 3 aromatic heterocycles. The van der Waals surface area contributed by atoms with Gasteiger partial charge in [-0.15, -0.1) is 11.3 Å². The number of rotatable bonds is 4. The number of fused-ring (bicyclic) bond motifs is 6. The van der Waals surface area contributed by atoms with Gasteiger partial charge in [-0.2, -0.15) is 0 Å². The highest BCUT2D eigenvalue weighted by atomic mass is 32.1. The van der Waals surface area contributed by atoms with Crippen molar-refractivity contribution in [3.8, 4) is 39.5 Å². The predicted molar refractivity (Wildman–Crippen MR) is 186 cm³/mol. The fraction of sp³-hybridized carbons (Fsp3) is 0. The van der Waals surface area contributed by atoms with E-state index in [1.54, 1.807) is 11.3 Å². The molecule has 44 heavy (non-hydrogen) atoms. The van der Waals surface area contributed by atoms with E-state index in [4.69, 9.17) is 9.97 Å². The van der Waals surface area contributed by atoms with Crippen molar-refractivity contribution in [3.05, 3.63) is 152 Å². The number of hydrogen-bond acceptors (Lipinski definition) is 3. The van der Waals surface area contributed by atoms with Crippen LogP contribution >= 0.6 is 11.3 Å². The largest absolute Gasteiger partial charge is 0.309 e. The minimum Gasteiger partial charge on any atom is -0.309 e. The molecule has 0 amide bonds. The molecule has 0 fully saturated rings. The van der Waals surface area contributed by atoms with Crippen LogP contribution in [0.15, 0.2) is 152 Å². The third-order valence-corrected chi connectivity index (χ3v) is 9.57. The molecule has 9 rings (SSSR count). The van der Waals surface area contributed by atoms with Gasteiger partial charge in [-0.3, -0.25) is 0 Å². The molecule has 0 aliphatic heterocycles. The Hall–Kier alpha value is -5.58. The van der Waals surface area contributed by atoms with E-state index in [1.165, 1.54) is 43.0 Å². The maximum absolute atomic E-state index is 5.32. The lowest BCUT2D eigenvalue weighted by atomic mass is 10.0. The van der Waals surface area contributed by atoms with Gasteiger partial charge in [0.15, 0.2) is 5.82 Å². The quantitative estimate of drug-likeness (QED) is 0.208. The zero-order valence-corrected chi connectivity index (χ0v) is 24.5. The smallest absolute Gasteiger partial charge is 0.160 e. The van der Waals surface area contributed by atoms with Gasteiger partial charge in [0.05, 0.1) is 26.9 Å². The van der Waals surface area contributed by atoms with Gasteiger partial charge in [0.25, 0.3) is 0 Å². The fourth-order valence-electron chi connectivity index (χ4n) is 6.36. The van der Waals surface area contributed by atoms with E-state index >= 15 is 0 Å². The molecule has 3 nitrogen and oxygen atoms in total. The van der Waals surface area contributed by atoms with Crippen molar-refractivity contribution in [3.63, 3.8) is 0 Å². The molecule has 0 atom stereocenters. The van der Waals surface area contributed by atoms with Crippen molar-refractivity contribution in [1.82, 2.24) is 14.5 Å². The number of nitrogens with zero attached hydrogens (tertiary/aromatic N) is 3. The van der Waals surface area contributed by atoms with Crippen molar-refractivity contribution in [1.29, 1.82) is 0 Å². The number of para-hydroxylation sites is 2. The van der Waals surface area contributed by atoms with E-state index in [2.05, 4.69) is 156 Å². The van der Waals surface area contributed by atoms with Crippen LogP contribution < -0.4 is 0 Å². The topological polar surface area (TPSA) is 30.7 Å². The third kappa shape index (κ3) is 3.96. The molecule has 0 aliphatic rings. The first-order chi connectivity index (χ1) is 21.8. The first kappa shape index (κ1) is 25.0. The van der Waals surface area contributed by atoms with Crippen molar-refractivity contribution in [2.45, 2.75) is 0 Å². The Kier molecular flexibility index (Phi) is 5.68. The highest BCUT2D eigenvalue weighted by Crippen LogP contribution is 2.41. The van der Waals surface area contributed by atoms with Gasteiger partial charge >= 0.3 is 0 Å². The van der Waals surface area contributed by atoms with Gasteiger partial charge in [0.2, 0.25) is 0 Å². The summed E-state index contributed by atoms with van der Waals surface area (Å²) in [6.07, 6.45) is 0. The molecule has 9 aromatic rings. The number of benzene rings is 6. The highest BCUT2D eigenvalue weighted by Gasteiger charge is 2.19. The molecule has 0 bridgehead atoms. The number of thiophene rings is 1. The SMILES string of the molecule is c1ccc(-c2cccc(-c3nc(-c4ccc5c(c4)c4ccccc4n5-c4ccccc4)nc4c3sc3ccccc34)c2)cc1.